The molecule has 0 spiro atoms. The molecule has 0 aliphatic heterocycles. The Morgan fingerprint density at radius 2 is 1.75 bits per heavy atom. The molecule has 0 aromatic heterocycles. The van der Waals surface area contributed by atoms with Crippen molar-refractivity contribution < 1.29 is 8.78 Å². The van der Waals surface area contributed by atoms with Gasteiger partial charge in [-0.1, -0.05) is 22.0 Å². The molecular formula is C16H16BrF2N. The van der Waals surface area contributed by atoms with Crippen LogP contribution in [0.25, 0.3) is 0 Å². The topological polar surface area (TPSA) is 12.0 Å². The highest BCUT2D eigenvalue weighted by molar-refractivity contribution is 9.10. The Balaban J connectivity index is 2.31. The zero-order chi connectivity index (χ0) is 14.7. The van der Waals surface area contributed by atoms with Gasteiger partial charge in [0.25, 0.3) is 0 Å². The molecule has 0 heterocycles. The summed E-state index contributed by atoms with van der Waals surface area (Å²) >= 11 is 3.45. The van der Waals surface area contributed by atoms with E-state index in [1.54, 1.807) is 12.1 Å². The van der Waals surface area contributed by atoms with Gasteiger partial charge in [0, 0.05) is 10.5 Å². The second-order valence-corrected chi connectivity index (χ2v) is 5.64. The molecule has 0 radical (unpaired) electrons. The van der Waals surface area contributed by atoms with Crippen LogP contribution in [-0.2, 0) is 6.42 Å². The average molecular weight is 340 g/mol. The van der Waals surface area contributed by atoms with Crippen LogP contribution in [0.4, 0.5) is 8.78 Å². The van der Waals surface area contributed by atoms with E-state index in [9.17, 15) is 8.78 Å². The standard InChI is InChI=1S/C16H16BrF2N/c1-10-7-12(18)4-3-11(10)8-16(20-2)14-9-13(19)5-6-15(14)17/h3-7,9,16,20H,8H2,1-2H3. The Labute approximate surface area is 126 Å². The van der Waals surface area contributed by atoms with Crippen LogP contribution >= 0.6 is 15.9 Å². The molecule has 4 heteroatoms. The van der Waals surface area contributed by atoms with E-state index in [4.69, 9.17) is 0 Å². The molecule has 2 aromatic rings. The molecule has 0 saturated carbocycles. The third-order valence-electron chi connectivity index (χ3n) is 3.41. The van der Waals surface area contributed by atoms with E-state index < -0.39 is 0 Å². The van der Waals surface area contributed by atoms with Crippen molar-refractivity contribution in [3.05, 3.63) is 69.2 Å². The molecule has 0 saturated heterocycles. The molecule has 0 fully saturated rings. The molecule has 20 heavy (non-hydrogen) atoms. The van der Waals surface area contributed by atoms with Crippen molar-refractivity contribution >= 4 is 15.9 Å². The van der Waals surface area contributed by atoms with Crippen molar-refractivity contribution in [1.29, 1.82) is 0 Å². The SMILES string of the molecule is CNC(Cc1ccc(F)cc1C)c1cc(F)ccc1Br. The van der Waals surface area contributed by atoms with Crippen LogP contribution in [0.5, 0.6) is 0 Å². The normalized spacial score (nSPS) is 12.4. The van der Waals surface area contributed by atoms with Gasteiger partial charge in [-0.25, -0.2) is 8.78 Å². The summed E-state index contributed by atoms with van der Waals surface area (Å²) in [6.07, 6.45) is 0.671. The molecule has 0 amide bonds. The summed E-state index contributed by atoms with van der Waals surface area (Å²) < 4.78 is 27.4. The zero-order valence-corrected chi connectivity index (χ0v) is 13.0. The average Bonchev–Trinajstić information content (AvgIpc) is 2.41. The van der Waals surface area contributed by atoms with Crippen molar-refractivity contribution in [2.45, 2.75) is 19.4 Å². The van der Waals surface area contributed by atoms with Crippen molar-refractivity contribution in [3.63, 3.8) is 0 Å². The summed E-state index contributed by atoms with van der Waals surface area (Å²) in [5, 5.41) is 3.19. The smallest absolute Gasteiger partial charge is 0.123 e. The van der Waals surface area contributed by atoms with Crippen molar-refractivity contribution in [3.8, 4) is 0 Å². The van der Waals surface area contributed by atoms with Gasteiger partial charge in [-0.05, 0) is 67.4 Å². The van der Waals surface area contributed by atoms with Gasteiger partial charge in [-0.2, -0.15) is 0 Å². The number of halogens is 3. The van der Waals surface area contributed by atoms with Crippen molar-refractivity contribution in [2.24, 2.45) is 0 Å². The lowest BCUT2D eigenvalue weighted by atomic mass is 9.96. The van der Waals surface area contributed by atoms with E-state index in [1.807, 2.05) is 14.0 Å². The van der Waals surface area contributed by atoms with E-state index in [1.165, 1.54) is 24.3 Å². The van der Waals surface area contributed by atoms with E-state index in [0.29, 0.717) is 6.42 Å². The third kappa shape index (κ3) is 3.44. The van der Waals surface area contributed by atoms with Gasteiger partial charge in [0.15, 0.2) is 0 Å². The van der Waals surface area contributed by atoms with Gasteiger partial charge in [-0.15, -0.1) is 0 Å². The molecule has 2 rings (SSSR count). The zero-order valence-electron chi connectivity index (χ0n) is 11.4. The fourth-order valence-corrected chi connectivity index (χ4v) is 2.78. The van der Waals surface area contributed by atoms with E-state index in [2.05, 4.69) is 21.2 Å². The van der Waals surface area contributed by atoms with Crippen molar-refractivity contribution in [1.82, 2.24) is 5.32 Å². The van der Waals surface area contributed by atoms with Crippen LogP contribution in [-0.4, -0.2) is 7.05 Å². The molecule has 2 aromatic carbocycles. The number of aryl methyl sites for hydroxylation is 1. The van der Waals surface area contributed by atoms with Gasteiger partial charge < -0.3 is 5.32 Å². The summed E-state index contributed by atoms with van der Waals surface area (Å²) in [6, 6.07) is 9.35. The fourth-order valence-electron chi connectivity index (χ4n) is 2.26. The third-order valence-corrected chi connectivity index (χ3v) is 4.13. The van der Waals surface area contributed by atoms with Gasteiger partial charge >= 0.3 is 0 Å². The predicted molar refractivity (Wildman–Crippen MR) is 80.7 cm³/mol. The quantitative estimate of drug-likeness (QED) is 0.862. The van der Waals surface area contributed by atoms with E-state index >= 15 is 0 Å². The maximum atomic E-state index is 13.4. The van der Waals surface area contributed by atoms with Crippen molar-refractivity contribution in [2.75, 3.05) is 7.05 Å². The van der Waals surface area contributed by atoms with E-state index in [-0.39, 0.29) is 17.7 Å². The first kappa shape index (κ1) is 15.1. The number of nitrogens with one attached hydrogen (secondary N) is 1. The molecule has 1 nitrogen and oxygen atoms in total. The van der Waals surface area contributed by atoms with Crippen LogP contribution in [0.1, 0.15) is 22.7 Å². The molecule has 1 N–H and O–H groups in total. The number of hydrogen-bond donors (Lipinski definition) is 1. The second kappa shape index (κ2) is 6.46. The largest absolute Gasteiger partial charge is 0.313 e. The Bertz CT molecular complexity index is 613. The van der Waals surface area contributed by atoms with Crippen LogP contribution in [0, 0.1) is 18.6 Å². The summed E-state index contributed by atoms with van der Waals surface area (Å²) in [4.78, 5) is 0. The first-order valence-corrected chi connectivity index (χ1v) is 7.18. The Kier molecular flexibility index (Phi) is 4.89. The monoisotopic (exact) mass is 339 g/mol. The Hall–Kier alpha value is -1.26. The highest BCUT2D eigenvalue weighted by atomic mass is 79.9. The molecule has 0 aliphatic carbocycles. The summed E-state index contributed by atoms with van der Waals surface area (Å²) in [5.74, 6) is -0.501. The van der Waals surface area contributed by atoms with Crippen LogP contribution < -0.4 is 5.32 Å². The predicted octanol–water partition coefficient (Wildman–Crippen LogP) is 4.54. The summed E-state index contributed by atoms with van der Waals surface area (Å²) in [7, 11) is 1.83. The molecular weight excluding hydrogens is 324 g/mol. The second-order valence-electron chi connectivity index (χ2n) is 4.78. The Morgan fingerprint density at radius 1 is 1.10 bits per heavy atom. The van der Waals surface area contributed by atoms with Crippen LogP contribution in [0.3, 0.4) is 0 Å². The van der Waals surface area contributed by atoms with Crippen LogP contribution in [0.2, 0.25) is 0 Å². The minimum Gasteiger partial charge on any atom is -0.313 e. The first-order chi connectivity index (χ1) is 9.51. The fraction of sp³-hybridized carbons (Fsp3) is 0.250. The first-order valence-electron chi connectivity index (χ1n) is 6.38. The van der Waals surface area contributed by atoms with Gasteiger partial charge in [-0.3, -0.25) is 0 Å². The maximum Gasteiger partial charge on any atom is 0.123 e. The molecule has 1 unspecified atom stereocenters. The Morgan fingerprint density at radius 3 is 2.40 bits per heavy atom. The number of benzene rings is 2. The molecule has 0 aliphatic rings. The highest BCUT2D eigenvalue weighted by Crippen LogP contribution is 2.27. The number of rotatable bonds is 4. The minimum absolute atomic E-state index is 0.0377. The number of likely N-dealkylation sites (N-methyl/N-ethyl adjacent to an activating group) is 1. The van der Waals surface area contributed by atoms with Gasteiger partial charge in [0.2, 0.25) is 0 Å². The lowest BCUT2D eigenvalue weighted by Crippen LogP contribution is -2.20. The summed E-state index contributed by atoms with van der Waals surface area (Å²) in [6.45, 7) is 1.88. The minimum atomic E-state index is -0.265. The van der Waals surface area contributed by atoms with Gasteiger partial charge in [0.1, 0.15) is 11.6 Å². The number of hydrogen-bond acceptors (Lipinski definition) is 1. The maximum absolute atomic E-state index is 13.4. The molecule has 0 bridgehead atoms. The van der Waals surface area contributed by atoms with Crippen LogP contribution in [0.15, 0.2) is 40.9 Å². The molecule has 106 valence electrons. The lowest BCUT2D eigenvalue weighted by Gasteiger charge is -2.19. The highest BCUT2D eigenvalue weighted by Gasteiger charge is 2.15. The summed E-state index contributed by atoms with van der Waals surface area (Å²) in [5.41, 5.74) is 2.80. The lowest BCUT2D eigenvalue weighted by molar-refractivity contribution is 0.572. The van der Waals surface area contributed by atoms with Gasteiger partial charge in [0.05, 0.1) is 0 Å². The molecule has 1 atom stereocenters. The van der Waals surface area contributed by atoms with E-state index in [0.717, 1.165) is 21.2 Å².